The first-order valence-corrected chi connectivity index (χ1v) is 13.6. The number of fused-ring (bicyclic) bond motifs is 1. The highest BCUT2D eigenvalue weighted by molar-refractivity contribution is 7.09. The van der Waals surface area contributed by atoms with Crippen LogP contribution in [-0.4, -0.2) is 70.8 Å². The molecule has 4 aromatic rings. The number of oxazole rings is 1. The smallest absolute Gasteiger partial charge is 0.407 e. The third kappa shape index (κ3) is 7.37. The van der Waals surface area contributed by atoms with E-state index in [1.165, 1.54) is 16.2 Å². The lowest BCUT2D eigenvalue weighted by atomic mass is 10.0. The minimum atomic E-state index is -1.15. The summed E-state index contributed by atoms with van der Waals surface area (Å²) in [4.78, 5) is 38.5. The standard InChI is InChI=1S/C29H31N5O5S/c1-4-13-34(27(36)21-11-12-23-26(15-21)39-28(31-23)33(3)5-2)17-25(35)24(14-20-9-7-6-8-10-20)32-29(37)38-18-22-16-30-19-40-22/h1,6-12,15-16,19,24-25,35H,5,13-14,17-18H2,2-3H3,(H,32,37)/t24-,25+/m0/s1. The van der Waals surface area contributed by atoms with E-state index in [9.17, 15) is 14.7 Å². The highest BCUT2D eigenvalue weighted by Gasteiger charge is 2.27. The Balaban J connectivity index is 1.49. The molecule has 11 heteroatoms. The van der Waals surface area contributed by atoms with Crippen LogP contribution in [0.15, 0.2) is 64.7 Å². The number of aliphatic hydroxyl groups excluding tert-OH is 1. The van der Waals surface area contributed by atoms with Crippen molar-refractivity contribution in [3.8, 4) is 12.3 Å². The SMILES string of the molecule is C#CCN(C[C@@H](O)[C@H](Cc1ccccc1)NC(=O)OCc1cncs1)C(=O)c1ccc2nc(N(C)CC)oc2c1. The Morgan fingerprint density at radius 1 is 1.25 bits per heavy atom. The van der Waals surface area contributed by atoms with Gasteiger partial charge < -0.3 is 29.4 Å². The molecule has 2 amide bonds. The van der Waals surface area contributed by atoms with Gasteiger partial charge in [0, 0.05) is 31.9 Å². The molecule has 0 aliphatic rings. The van der Waals surface area contributed by atoms with Crippen LogP contribution in [0.5, 0.6) is 0 Å². The lowest BCUT2D eigenvalue weighted by molar-refractivity contribution is 0.0553. The van der Waals surface area contributed by atoms with Gasteiger partial charge in [-0.2, -0.15) is 4.98 Å². The fourth-order valence-electron chi connectivity index (χ4n) is 4.00. The average molecular weight is 562 g/mol. The van der Waals surface area contributed by atoms with Gasteiger partial charge in [-0.25, -0.2) is 4.79 Å². The number of ether oxygens (including phenoxy) is 1. The van der Waals surface area contributed by atoms with Crippen molar-refractivity contribution in [3.63, 3.8) is 0 Å². The number of aromatic nitrogens is 2. The van der Waals surface area contributed by atoms with E-state index in [1.807, 2.05) is 49.2 Å². The number of anilines is 1. The molecular weight excluding hydrogens is 530 g/mol. The third-order valence-corrected chi connectivity index (χ3v) is 7.05. The van der Waals surface area contributed by atoms with E-state index in [0.29, 0.717) is 35.6 Å². The molecule has 0 spiro atoms. The summed E-state index contributed by atoms with van der Waals surface area (Å²) in [6.07, 6.45) is 5.68. The molecular formula is C29H31N5O5S. The Labute approximate surface area is 236 Å². The van der Waals surface area contributed by atoms with Gasteiger partial charge in [0.15, 0.2) is 5.58 Å². The number of carbonyl (C=O) groups is 2. The van der Waals surface area contributed by atoms with Gasteiger partial charge in [0.1, 0.15) is 12.1 Å². The molecule has 40 heavy (non-hydrogen) atoms. The molecule has 2 heterocycles. The van der Waals surface area contributed by atoms with Crippen LogP contribution < -0.4 is 10.2 Å². The molecule has 0 unspecified atom stereocenters. The first-order chi connectivity index (χ1) is 19.4. The Morgan fingerprint density at radius 2 is 2.05 bits per heavy atom. The topological polar surface area (TPSA) is 121 Å². The Hall–Kier alpha value is -4.40. The van der Waals surface area contributed by atoms with E-state index in [4.69, 9.17) is 15.6 Å². The van der Waals surface area contributed by atoms with E-state index < -0.39 is 18.2 Å². The van der Waals surface area contributed by atoms with Crippen molar-refractivity contribution >= 4 is 40.5 Å². The number of rotatable bonds is 12. The lowest BCUT2D eigenvalue weighted by Crippen LogP contribution is -2.50. The Morgan fingerprint density at radius 3 is 2.75 bits per heavy atom. The fraction of sp³-hybridized carbons (Fsp3) is 0.310. The van der Waals surface area contributed by atoms with Gasteiger partial charge >= 0.3 is 6.09 Å². The van der Waals surface area contributed by atoms with E-state index >= 15 is 0 Å². The minimum absolute atomic E-state index is 0.0396. The second-order valence-corrected chi connectivity index (χ2v) is 10.1. The van der Waals surface area contributed by atoms with Crippen LogP contribution in [0.2, 0.25) is 0 Å². The summed E-state index contributed by atoms with van der Waals surface area (Å²) in [5.74, 6) is 2.11. The number of thiazole rings is 1. The summed E-state index contributed by atoms with van der Waals surface area (Å²) in [5.41, 5.74) is 3.98. The monoisotopic (exact) mass is 561 g/mol. The fourth-order valence-corrected chi connectivity index (χ4v) is 4.51. The van der Waals surface area contributed by atoms with Crippen molar-refractivity contribution in [3.05, 3.63) is 76.2 Å². The van der Waals surface area contributed by atoms with Crippen molar-refractivity contribution < 1.29 is 23.8 Å². The number of nitrogens with one attached hydrogen (secondary N) is 1. The van der Waals surface area contributed by atoms with E-state index in [1.54, 1.807) is 29.9 Å². The Kier molecular flexibility index (Phi) is 9.72. The number of hydrogen-bond donors (Lipinski definition) is 2. The van der Waals surface area contributed by atoms with Crippen LogP contribution in [0, 0.1) is 12.3 Å². The van der Waals surface area contributed by atoms with Crippen molar-refractivity contribution in [2.75, 3.05) is 31.6 Å². The van der Waals surface area contributed by atoms with Crippen LogP contribution in [0.3, 0.4) is 0 Å². The largest absolute Gasteiger partial charge is 0.444 e. The number of carbonyl (C=O) groups excluding carboxylic acids is 2. The summed E-state index contributed by atoms with van der Waals surface area (Å²) in [6.45, 7) is 2.60. The van der Waals surface area contributed by atoms with Gasteiger partial charge in [0.2, 0.25) is 0 Å². The predicted molar refractivity (Wildman–Crippen MR) is 153 cm³/mol. The van der Waals surface area contributed by atoms with Gasteiger partial charge in [0.25, 0.3) is 11.9 Å². The summed E-state index contributed by atoms with van der Waals surface area (Å²) < 4.78 is 11.1. The highest BCUT2D eigenvalue weighted by atomic mass is 32.1. The molecule has 0 saturated carbocycles. The molecule has 2 atom stereocenters. The number of alkyl carbamates (subject to hydrolysis) is 1. The molecule has 2 aromatic heterocycles. The van der Waals surface area contributed by atoms with Crippen molar-refractivity contribution in [2.45, 2.75) is 32.1 Å². The van der Waals surface area contributed by atoms with Crippen LogP contribution in [-0.2, 0) is 17.8 Å². The summed E-state index contributed by atoms with van der Waals surface area (Å²) in [6, 6.07) is 14.1. The zero-order chi connectivity index (χ0) is 28.5. The van der Waals surface area contributed by atoms with Crippen LogP contribution in [0.25, 0.3) is 11.1 Å². The van der Waals surface area contributed by atoms with Crippen molar-refractivity contribution in [2.24, 2.45) is 0 Å². The van der Waals surface area contributed by atoms with Crippen molar-refractivity contribution in [1.82, 2.24) is 20.2 Å². The van der Waals surface area contributed by atoms with Crippen molar-refractivity contribution in [1.29, 1.82) is 0 Å². The highest BCUT2D eigenvalue weighted by Crippen LogP contribution is 2.23. The molecule has 2 N–H and O–H groups in total. The molecule has 0 aliphatic heterocycles. The molecule has 208 valence electrons. The molecule has 0 saturated heterocycles. The summed E-state index contributed by atoms with van der Waals surface area (Å²) >= 11 is 1.37. The average Bonchev–Trinajstić information content (AvgIpc) is 3.65. The second-order valence-electron chi connectivity index (χ2n) is 9.13. The van der Waals surface area contributed by atoms with Crippen LogP contribution in [0.4, 0.5) is 10.8 Å². The number of amides is 2. The third-order valence-electron chi connectivity index (χ3n) is 6.30. The van der Waals surface area contributed by atoms with Gasteiger partial charge in [0.05, 0.1) is 29.1 Å². The maximum absolute atomic E-state index is 13.5. The van der Waals surface area contributed by atoms with Crippen LogP contribution >= 0.6 is 11.3 Å². The second kappa shape index (κ2) is 13.6. The molecule has 0 bridgehead atoms. The van der Waals surface area contributed by atoms with Gasteiger partial charge in [-0.15, -0.1) is 17.8 Å². The van der Waals surface area contributed by atoms with Gasteiger partial charge in [-0.05, 0) is 37.1 Å². The molecule has 0 aliphatic carbocycles. The summed E-state index contributed by atoms with van der Waals surface area (Å²) in [7, 11) is 1.86. The van der Waals surface area contributed by atoms with E-state index in [2.05, 4.69) is 21.2 Å². The lowest BCUT2D eigenvalue weighted by Gasteiger charge is -2.29. The Bertz CT molecular complexity index is 1450. The maximum Gasteiger partial charge on any atom is 0.407 e. The first kappa shape index (κ1) is 28.6. The zero-order valence-electron chi connectivity index (χ0n) is 22.3. The summed E-state index contributed by atoms with van der Waals surface area (Å²) in [5, 5.41) is 14.0. The minimum Gasteiger partial charge on any atom is -0.444 e. The molecule has 4 rings (SSSR count). The van der Waals surface area contributed by atoms with E-state index in [-0.39, 0.29) is 25.6 Å². The number of aliphatic hydroxyl groups is 1. The molecule has 10 nitrogen and oxygen atoms in total. The number of benzene rings is 2. The number of terminal acetylenes is 1. The quantitative estimate of drug-likeness (QED) is 0.251. The number of hydrogen-bond acceptors (Lipinski definition) is 9. The molecule has 0 radical (unpaired) electrons. The van der Waals surface area contributed by atoms with Crippen LogP contribution in [0.1, 0.15) is 27.7 Å². The first-order valence-electron chi connectivity index (χ1n) is 12.7. The van der Waals surface area contributed by atoms with Gasteiger partial charge in [-0.1, -0.05) is 36.3 Å². The molecule has 0 fully saturated rings. The zero-order valence-corrected chi connectivity index (χ0v) is 23.1. The normalized spacial score (nSPS) is 12.3. The number of nitrogens with zero attached hydrogens (tertiary/aromatic N) is 4. The molecule has 2 aromatic carbocycles. The maximum atomic E-state index is 13.5. The van der Waals surface area contributed by atoms with Gasteiger partial charge in [-0.3, -0.25) is 9.78 Å². The van der Waals surface area contributed by atoms with E-state index in [0.717, 1.165) is 10.4 Å². The predicted octanol–water partition coefficient (Wildman–Crippen LogP) is 3.71.